The molecule has 0 bridgehead atoms. The summed E-state index contributed by atoms with van der Waals surface area (Å²) in [5, 5.41) is 12.6. The monoisotopic (exact) mass is 317 g/mol. The maximum atomic E-state index is 5.85. The van der Waals surface area contributed by atoms with Crippen molar-refractivity contribution in [3.05, 3.63) is 23.5 Å². The number of likely N-dealkylation sites (tertiary alicyclic amines) is 1. The predicted molar refractivity (Wildman–Crippen MR) is 81.7 cm³/mol. The molecule has 1 atom stereocenters. The molecule has 0 aromatic carbocycles. The van der Waals surface area contributed by atoms with Gasteiger partial charge in [-0.3, -0.25) is 4.90 Å². The first-order chi connectivity index (χ1) is 11.2. The third-order valence-electron chi connectivity index (χ3n) is 4.89. The summed E-state index contributed by atoms with van der Waals surface area (Å²) in [4.78, 5) is 6.87. The minimum absolute atomic E-state index is 0.185. The number of aromatic nitrogens is 4. The predicted octanol–water partition coefficient (Wildman–Crippen LogP) is 3.18. The van der Waals surface area contributed by atoms with Gasteiger partial charge in [-0.2, -0.15) is 4.98 Å². The highest BCUT2D eigenvalue weighted by atomic mass is 16.5. The highest BCUT2D eigenvalue weighted by Gasteiger charge is 2.32. The number of nitrogens with zero attached hydrogens (tertiary/aromatic N) is 5. The van der Waals surface area contributed by atoms with E-state index in [0.29, 0.717) is 24.2 Å². The summed E-state index contributed by atoms with van der Waals surface area (Å²) in [7, 11) is 0. The fraction of sp³-hybridized carbons (Fsp3) is 0.750. The van der Waals surface area contributed by atoms with Crippen molar-refractivity contribution in [3.8, 4) is 0 Å². The van der Waals surface area contributed by atoms with Crippen LogP contribution >= 0.6 is 0 Å². The van der Waals surface area contributed by atoms with Crippen LogP contribution in [0.5, 0.6) is 0 Å². The van der Waals surface area contributed by atoms with Crippen LogP contribution in [0.2, 0.25) is 0 Å². The van der Waals surface area contributed by atoms with Gasteiger partial charge in [-0.25, -0.2) is 0 Å². The first-order valence-corrected chi connectivity index (χ1v) is 8.60. The van der Waals surface area contributed by atoms with Gasteiger partial charge in [-0.15, -0.1) is 10.2 Å². The molecule has 7 nitrogen and oxygen atoms in total. The van der Waals surface area contributed by atoms with Gasteiger partial charge in [0.15, 0.2) is 5.82 Å². The molecule has 23 heavy (non-hydrogen) atoms. The lowest BCUT2D eigenvalue weighted by molar-refractivity contribution is 0.206. The van der Waals surface area contributed by atoms with Crippen molar-refractivity contribution in [2.24, 2.45) is 0 Å². The summed E-state index contributed by atoms with van der Waals surface area (Å²) in [6.45, 7) is 5.78. The summed E-state index contributed by atoms with van der Waals surface area (Å²) >= 11 is 0. The van der Waals surface area contributed by atoms with Gasteiger partial charge in [0.25, 0.3) is 0 Å². The Morgan fingerprint density at radius 3 is 2.74 bits per heavy atom. The zero-order valence-electron chi connectivity index (χ0n) is 13.7. The van der Waals surface area contributed by atoms with E-state index in [1.165, 1.54) is 19.3 Å². The van der Waals surface area contributed by atoms with Gasteiger partial charge in [0.2, 0.25) is 17.7 Å². The van der Waals surface area contributed by atoms with Crippen molar-refractivity contribution in [3.63, 3.8) is 0 Å². The van der Waals surface area contributed by atoms with Crippen LogP contribution in [0.1, 0.15) is 87.3 Å². The molecule has 1 aliphatic carbocycles. The van der Waals surface area contributed by atoms with E-state index < -0.39 is 0 Å². The normalized spacial score (nSPS) is 22.8. The number of hydrogen-bond acceptors (Lipinski definition) is 7. The quantitative estimate of drug-likeness (QED) is 0.837. The maximum Gasteiger partial charge on any atom is 0.230 e. The van der Waals surface area contributed by atoms with E-state index in [2.05, 4.69) is 39.1 Å². The molecule has 7 heteroatoms. The van der Waals surface area contributed by atoms with E-state index in [1.54, 1.807) is 0 Å². The van der Waals surface area contributed by atoms with Gasteiger partial charge < -0.3 is 8.94 Å². The molecule has 0 N–H and O–H groups in total. The Kier molecular flexibility index (Phi) is 3.88. The lowest BCUT2D eigenvalue weighted by Crippen LogP contribution is -2.23. The van der Waals surface area contributed by atoms with E-state index in [4.69, 9.17) is 8.94 Å². The van der Waals surface area contributed by atoms with Crippen molar-refractivity contribution in [2.45, 2.75) is 70.4 Å². The number of rotatable bonds is 5. The summed E-state index contributed by atoms with van der Waals surface area (Å²) in [6, 6.07) is 0.185. The van der Waals surface area contributed by atoms with Gasteiger partial charge in [0.05, 0.1) is 12.6 Å². The molecule has 1 saturated heterocycles. The molecule has 124 valence electrons. The van der Waals surface area contributed by atoms with Crippen LogP contribution in [0.25, 0.3) is 0 Å². The van der Waals surface area contributed by atoms with Crippen LogP contribution in [0.4, 0.5) is 0 Å². The summed E-state index contributed by atoms with van der Waals surface area (Å²) in [6.07, 6.45) is 5.79. The van der Waals surface area contributed by atoms with Crippen LogP contribution in [-0.2, 0) is 6.54 Å². The first-order valence-electron chi connectivity index (χ1n) is 8.60. The van der Waals surface area contributed by atoms with Gasteiger partial charge in [-0.1, -0.05) is 25.4 Å². The molecule has 0 spiro atoms. The van der Waals surface area contributed by atoms with E-state index in [0.717, 1.165) is 31.1 Å². The summed E-state index contributed by atoms with van der Waals surface area (Å²) < 4.78 is 11.2. The Hall–Kier alpha value is -1.76. The lowest BCUT2D eigenvalue weighted by Gasteiger charge is -2.21. The average molecular weight is 317 g/mol. The van der Waals surface area contributed by atoms with Crippen LogP contribution in [0.3, 0.4) is 0 Å². The summed E-state index contributed by atoms with van der Waals surface area (Å²) in [5.74, 6) is 3.74. The highest BCUT2D eigenvalue weighted by molar-refractivity contribution is 5.01. The fourth-order valence-corrected chi connectivity index (χ4v) is 3.25. The van der Waals surface area contributed by atoms with Crippen molar-refractivity contribution in [1.29, 1.82) is 0 Å². The Balaban J connectivity index is 1.45. The van der Waals surface area contributed by atoms with Gasteiger partial charge in [0.1, 0.15) is 0 Å². The van der Waals surface area contributed by atoms with Crippen molar-refractivity contribution < 1.29 is 8.94 Å². The van der Waals surface area contributed by atoms with Crippen LogP contribution in [0, 0.1) is 0 Å². The minimum atomic E-state index is 0.185. The van der Waals surface area contributed by atoms with E-state index in [1.807, 2.05) is 0 Å². The SMILES string of the molecule is CC(C)c1nc([C@@H]2CCCN2Cc2nnc(C3CCC3)o2)no1. The zero-order valence-corrected chi connectivity index (χ0v) is 13.7. The fourth-order valence-electron chi connectivity index (χ4n) is 3.25. The smallest absolute Gasteiger partial charge is 0.230 e. The topological polar surface area (TPSA) is 81.1 Å². The molecule has 2 aliphatic rings. The molecule has 1 aliphatic heterocycles. The van der Waals surface area contributed by atoms with Crippen LogP contribution < -0.4 is 0 Å². The molecular weight excluding hydrogens is 294 g/mol. The summed E-state index contributed by atoms with van der Waals surface area (Å²) in [5.41, 5.74) is 0. The van der Waals surface area contributed by atoms with E-state index in [9.17, 15) is 0 Å². The standard InChI is InChI=1S/C16H23N5O2/c1-10(2)15-17-14(20-23-15)12-7-4-8-21(12)9-13-18-19-16(22-13)11-5-3-6-11/h10-12H,3-9H2,1-2H3/t12-/m0/s1. The van der Waals surface area contributed by atoms with Crippen molar-refractivity contribution >= 4 is 0 Å². The second kappa shape index (κ2) is 6.03. The van der Waals surface area contributed by atoms with Crippen LogP contribution in [0.15, 0.2) is 8.94 Å². The maximum absolute atomic E-state index is 5.85. The lowest BCUT2D eigenvalue weighted by atomic mass is 9.85. The second-order valence-electron chi connectivity index (χ2n) is 6.94. The molecule has 2 fully saturated rings. The van der Waals surface area contributed by atoms with Gasteiger partial charge >= 0.3 is 0 Å². The Labute approximate surface area is 135 Å². The Morgan fingerprint density at radius 1 is 1.17 bits per heavy atom. The molecule has 2 aromatic rings. The Bertz CT molecular complexity index is 661. The number of hydrogen-bond donors (Lipinski definition) is 0. The average Bonchev–Trinajstić information content (AvgIpc) is 3.17. The van der Waals surface area contributed by atoms with Gasteiger partial charge in [-0.05, 0) is 32.2 Å². The third kappa shape index (κ3) is 2.89. The molecule has 0 radical (unpaired) electrons. The largest absolute Gasteiger partial charge is 0.424 e. The van der Waals surface area contributed by atoms with Crippen molar-refractivity contribution in [1.82, 2.24) is 25.2 Å². The van der Waals surface area contributed by atoms with Crippen molar-refractivity contribution in [2.75, 3.05) is 6.54 Å². The Morgan fingerprint density at radius 2 is 2.04 bits per heavy atom. The molecule has 3 heterocycles. The second-order valence-corrected chi connectivity index (χ2v) is 6.94. The first kappa shape index (κ1) is 14.8. The third-order valence-corrected chi connectivity index (χ3v) is 4.89. The molecule has 1 saturated carbocycles. The van der Waals surface area contributed by atoms with Gasteiger partial charge in [0, 0.05) is 11.8 Å². The molecule has 0 unspecified atom stereocenters. The zero-order chi connectivity index (χ0) is 15.8. The molecule has 0 amide bonds. The minimum Gasteiger partial charge on any atom is -0.424 e. The highest BCUT2D eigenvalue weighted by Crippen LogP contribution is 2.36. The van der Waals surface area contributed by atoms with E-state index in [-0.39, 0.29) is 12.0 Å². The molecule has 2 aromatic heterocycles. The molecular formula is C16H23N5O2. The van der Waals surface area contributed by atoms with Crippen LogP contribution in [-0.4, -0.2) is 31.8 Å². The molecule has 4 rings (SSSR count). The van der Waals surface area contributed by atoms with E-state index >= 15 is 0 Å².